The molecule has 2 amide bonds. The van der Waals surface area contributed by atoms with E-state index in [-0.39, 0.29) is 11.8 Å². The number of nitrogens with zero attached hydrogens (tertiary/aromatic N) is 2. The summed E-state index contributed by atoms with van der Waals surface area (Å²) >= 11 is 1.64. The quantitative estimate of drug-likeness (QED) is 0.875. The van der Waals surface area contributed by atoms with Crippen molar-refractivity contribution >= 4 is 23.2 Å². The Balaban J connectivity index is 1.55. The van der Waals surface area contributed by atoms with Gasteiger partial charge in [0.2, 0.25) is 5.91 Å². The summed E-state index contributed by atoms with van der Waals surface area (Å²) in [7, 11) is 1.61. The number of likely N-dealkylation sites (tertiary alicyclic amines) is 1. The van der Waals surface area contributed by atoms with Gasteiger partial charge in [-0.25, -0.2) is 4.98 Å². The van der Waals surface area contributed by atoms with Gasteiger partial charge >= 0.3 is 0 Å². The van der Waals surface area contributed by atoms with E-state index in [0.717, 1.165) is 42.4 Å². The van der Waals surface area contributed by atoms with Crippen LogP contribution in [-0.4, -0.2) is 41.9 Å². The highest BCUT2D eigenvalue weighted by molar-refractivity contribution is 7.09. The maximum Gasteiger partial charge on any atom is 0.253 e. The SMILES string of the molecule is COc1ccc(C(=O)N2CCC(c3nc(CNC(C)=O)cs3)CC2)cc1. The van der Waals surface area contributed by atoms with Gasteiger partial charge in [0.15, 0.2) is 0 Å². The molecule has 0 bridgehead atoms. The predicted octanol–water partition coefficient (Wildman–Crippen LogP) is 2.81. The van der Waals surface area contributed by atoms with Gasteiger partial charge in [-0.15, -0.1) is 11.3 Å². The van der Waals surface area contributed by atoms with E-state index in [1.54, 1.807) is 18.4 Å². The summed E-state index contributed by atoms with van der Waals surface area (Å²) in [4.78, 5) is 30.2. The van der Waals surface area contributed by atoms with Gasteiger partial charge in [0.1, 0.15) is 5.75 Å². The van der Waals surface area contributed by atoms with E-state index in [1.807, 2.05) is 34.5 Å². The van der Waals surface area contributed by atoms with Crippen LogP contribution in [0.25, 0.3) is 0 Å². The van der Waals surface area contributed by atoms with Crippen LogP contribution < -0.4 is 10.1 Å². The molecule has 1 aromatic heterocycles. The number of benzene rings is 1. The number of methoxy groups -OCH3 is 1. The molecule has 0 aliphatic carbocycles. The number of hydrogen-bond donors (Lipinski definition) is 1. The van der Waals surface area contributed by atoms with Crippen LogP contribution in [0.1, 0.15) is 46.7 Å². The van der Waals surface area contributed by atoms with Crippen LogP contribution in [0, 0.1) is 0 Å². The zero-order valence-corrected chi connectivity index (χ0v) is 15.8. The molecule has 138 valence electrons. The molecule has 0 saturated carbocycles. The van der Waals surface area contributed by atoms with Crippen LogP contribution in [0.15, 0.2) is 29.6 Å². The molecular formula is C19H23N3O3S. The van der Waals surface area contributed by atoms with Crippen molar-refractivity contribution in [2.75, 3.05) is 20.2 Å². The highest BCUT2D eigenvalue weighted by Crippen LogP contribution is 2.31. The minimum atomic E-state index is -0.0510. The second-order valence-corrected chi connectivity index (χ2v) is 7.27. The first-order chi connectivity index (χ1) is 12.6. The summed E-state index contributed by atoms with van der Waals surface area (Å²) in [6.45, 7) is 3.44. The summed E-state index contributed by atoms with van der Waals surface area (Å²) in [5.74, 6) is 1.14. The Bertz CT molecular complexity index is 765. The number of piperidine rings is 1. The molecule has 0 radical (unpaired) electrons. The second kappa shape index (κ2) is 8.31. The van der Waals surface area contributed by atoms with Gasteiger partial charge < -0.3 is 15.0 Å². The largest absolute Gasteiger partial charge is 0.497 e. The van der Waals surface area contributed by atoms with E-state index in [4.69, 9.17) is 4.74 Å². The average Bonchev–Trinajstić information content (AvgIpc) is 3.15. The van der Waals surface area contributed by atoms with Crippen LogP contribution >= 0.6 is 11.3 Å². The fourth-order valence-electron chi connectivity index (χ4n) is 3.05. The van der Waals surface area contributed by atoms with Crippen molar-refractivity contribution in [1.82, 2.24) is 15.2 Å². The molecule has 1 saturated heterocycles. The molecular weight excluding hydrogens is 350 g/mol. The maximum atomic E-state index is 12.6. The molecule has 1 N–H and O–H groups in total. The van der Waals surface area contributed by atoms with E-state index in [9.17, 15) is 9.59 Å². The number of thiazole rings is 1. The maximum absolute atomic E-state index is 12.6. The minimum absolute atomic E-state index is 0.0510. The van der Waals surface area contributed by atoms with Crippen molar-refractivity contribution in [3.63, 3.8) is 0 Å². The lowest BCUT2D eigenvalue weighted by Crippen LogP contribution is -2.37. The van der Waals surface area contributed by atoms with Crippen LogP contribution in [0.2, 0.25) is 0 Å². The monoisotopic (exact) mass is 373 g/mol. The Morgan fingerprint density at radius 3 is 2.58 bits per heavy atom. The Morgan fingerprint density at radius 2 is 1.96 bits per heavy atom. The first-order valence-electron chi connectivity index (χ1n) is 8.69. The normalized spacial score (nSPS) is 14.9. The van der Waals surface area contributed by atoms with Gasteiger partial charge in [-0.3, -0.25) is 9.59 Å². The number of carbonyl (C=O) groups excluding carboxylic acids is 2. The molecule has 0 spiro atoms. The topological polar surface area (TPSA) is 71.5 Å². The van der Waals surface area contributed by atoms with Crippen LogP contribution in [-0.2, 0) is 11.3 Å². The molecule has 7 heteroatoms. The van der Waals surface area contributed by atoms with Gasteiger partial charge in [0.05, 0.1) is 24.4 Å². The third-order valence-corrected chi connectivity index (χ3v) is 5.61. The second-order valence-electron chi connectivity index (χ2n) is 6.38. The molecule has 6 nitrogen and oxygen atoms in total. The van der Waals surface area contributed by atoms with Crippen LogP contribution in [0.5, 0.6) is 5.75 Å². The standard InChI is InChI=1S/C19H23N3O3S/c1-13(23)20-11-16-12-26-18(21-16)14-7-9-22(10-8-14)19(24)15-3-5-17(25-2)6-4-15/h3-6,12,14H,7-11H2,1-2H3,(H,20,23). The molecule has 0 unspecified atom stereocenters. The first-order valence-corrected chi connectivity index (χ1v) is 9.57. The van der Waals surface area contributed by atoms with Gasteiger partial charge in [0.25, 0.3) is 5.91 Å². The third kappa shape index (κ3) is 4.40. The fourth-order valence-corrected chi connectivity index (χ4v) is 4.04. The van der Waals surface area contributed by atoms with Gasteiger partial charge in [0, 0.05) is 36.9 Å². The van der Waals surface area contributed by atoms with E-state index < -0.39 is 0 Å². The molecule has 1 aliphatic heterocycles. The average molecular weight is 373 g/mol. The molecule has 1 aliphatic rings. The number of nitrogens with one attached hydrogen (secondary N) is 1. The van der Waals surface area contributed by atoms with Crippen molar-refractivity contribution in [2.45, 2.75) is 32.2 Å². The summed E-state index contributed by atoms with van der Waals surface area (Å²) in [6, 6.07) is 7.24. The molecule has 26 heavy (non-hydrogen) atoms. The van der Waals surface area contributed by atoms with Crippen molar-refractivity contribution in [2.24, 2.45) is 0 Å². The lowest BCUT2D eigenvalue weighted by atomic mass is 9.97. The van der Waals surface area contributed by atoms with Crippen molar-refractivity contribution < 1.29 is 14.3 Å². The smallest absolute Gasteiger partial charge is 0.253 e. The molecule has 0 atom stereocenters. The fraction of sp³-hybridized carbons (Fsp3) is 0.421. The first kappa shape index (κ1) is 18.4. The zero-order chi connectivity index (χ0) is 18.5. The van der Waals surface area contributed by atoms with Gasteiger partial charge in [-0.05, 0) is 37.1 Å². The van der Waals surface area contributed by atoms with Crippen molar-refractivity contribution in [1.29, 1.82) is 0 Å². The van der Waals surface area contributed by atoms with Gasteiger partial charge in [-0.1, -0.05) is 0 Å². The van der Waals surface area contributed by atoms with E-state index >= 15 is 0 Å². The number of rotatable bonds is 5. The van der Waals surface area contributed by atoms with E-state index in [0.29, 0.717) is 18.0 Å². The van der Waals surface area contributed by atoms with Crippen molar-refractivity contribution in [3.8, 4) is 5.75 Å². The highest BCUT2D eigenvalue weighted by Gasteiger charge is 2.26. The molecule has 3 rings (SSSR count). The number of ether oxygens (including phenoxy) is 1. The molecule has 1 aromatic carbocycles. The summed E-state index contributed by atoms with van der Waals surface area (Å²) in [6.07, 6.45) is 1.82. The minimum Gasteiger partial charge on any atom is -0.497 e. The summed E-state index contributed by atoms with van der Waals surface area (Å²) in [5.41, 5.74) is 1.59. The molecule has 1 fully saturated rings. The Labute approximate surface area is 157 Å². The Morgan fingerprint density at radius 1 is 1.27 bits per heavy atom. The summed E-state index contributed by atoms with van der Waals surface area (Å²) < 4.78 is 5.14. The highest BCUT2D eigenvalue weighted by atomic mass is 32.1. The number of amides is 2. The number of aromatic nitrogens is 1. The lowest BCUT2D eigenvalue weighted by Gasteiger charge is -2.31. The van der Waals surface area contributed by atoms with Crippen LogP contribution in [0.3, 0.4) is 0 Å². The predicted molar refractivity (Wildman–Crippen MR) is 101 cm³/mol. The van der Waals surface area contributed by atoms with Crippen molar-refractivity contribution in [3.05, 3.63) is 45.9 Å². The van der Waals surface area contributed by atoms with Gasteiger partial charge in [-0.2, -0.15) is 0 Å². The summed E-state index contributed by atoms with van der Waals surface area (Å²) in [5, 5.41) is 5.87. The Hall–Kier alpha value is -2.41. The third-order valence-electron chi connectivity index (χ3n) is 4.56. The Kier molecular flexibility index (Phi) is 5.88. The van der Waals surface area contributed by atoms with Crippen LogP contribution in [0.4, 0.5) is 0 Å². The number of hydrogen-bond acceptors (Lipinski definition) is 5. The molecule has 2 aromatic rings. The zero-order valence-electron chi connectivity index (χ0n) is 15.0. The molecule has 2 heterocycles. The van der Waals surface area contributed by atoms with E-state index in [1.165, 1.54) is 6.92 Å². The lowest BCUT2D eigenvalue weighted by molar-refractivity contribution is -0.119. The number of carbonyl (C=O) groups is 2. The van der Waals surface area contributed by atoms with E-state index in [2.05, 4.69) is 10.3 Å².